The Morgan fingerprint density at radius 3 is 2.83 bits per heavy atom. The highest BCUT2D eigenvalue weighted by molar-refractivity contribution is 5.82. The van der Waals surface area contributed by atoms with Crippen molar-refractivity contribution in [1.82, 2.24) is 9.97 Å². The van der Waals surface area contributed by atoms with Gasteiger partial charge in [0.25, 0.3) is 0 Å². The highest BCUT2D eigenvalue weighted by atomic mass is 19.1. The number of hydrogen-bond donors (Lipinski definition) is 2. The molecule has 1 aromatic heterocycles. The van der Waals surface area contributed by atoms with Crippen LogP contribution in [-0.2, 0) is 0 Å². The van der Waals surface area contributed by atoms with Crippen molar-refractivity contribution in [2.24, 2.45) is 0 Å². The summed E-state index contributed by atoms with van der Waals surface area (Å²) in [5.74, 6) is 0.418. The van der Waals surface area contributed by atoms with Crippen LogP contribution in [0.5, 0.6) is 0 Å². The first-order valence-electron chi connectivity index (χ1n) is 5.70. The van der Waals surface area contributed by atoms with Gasteiger partial charge in [-0.1, -0.05) is 12.1 Å². The van der Waals surface area contributed by atoms with Gasteiger partial charge in [0.15, 0.2) is 0 Å². The maximum Gasteiger partial charge on any atom is 0.138 e. The number of aromatic amines is 1. The summed E-state index contributed by atoms with van der Waals surface area (Å²) in [5, 5.41) is 3.07. The number of hydrogen-bond acceptors (Lipinski definition) is 2. The van der Waals surface area contributed by atoms with Gasteiger partial charge in [0.05, 0.1) is 11.0 Å². The summed E-state index contributed by atoms with van der Waals surface area (Å²) in [4.78, 5) is 7.65. The fourth-order valence-electron chi connectivity index (χ4n) is 1.94. The van der Waals surface area contributed by atoms with Gasteiger partial charge in [-0.15, -0.1) is 0 Å². The third kappa shape index (κ3) is 1.82. The third-order valence-electron chi connectivity index (χ3n) is 2.87. The first-order chi connectivity index (χ1) is 8.76. The maximum atomic E-state index is 13.2. The molecule has 4 heteroatoms. The molecule has 0 fully saturated rings. The van der Waals surface area contributed by atoms with E-state index in [2.05, 4.69) is 15.3 Å². The minimum Gasteiger partial charge on any atom is -0.388 e. The Labute approximate surface area is 104 Å². The Bertz CT molecular complexity index is 703. The van der Waals surface area contributed by atoms with Crippen molar-refractivity contribution in [3.8, 4) is 11.4 Å². The molecular weight excluding hydrogens is 229 g/mol. The second-order valence-electron chi connectivity index (χ2n) is 4.08. The summed E-state index contributed by atoms with van der Waals surface area (Å²) < 4.78 is 13.2. The molecule has 0 atom stereocenters. The number of rotatable bonds is 2. The zero-order valence-corrected chi connectivity index (χ0v) is 9.87. The van der Waals surface area contributed by atoms with Crippen LogP contribution in [-0.4, -0.2) is 17.0 Å². The molecule has 0 bridgehead atoms. The van der Waals surface area contributed by atoms with Gasteiger partial charge >= 0.3 is 0 Å². The van der Waals surface area contributed by atoms with Gasteiger partial charge in [0, 0.05) is 18.3 Å². The smallest absolute Gasteiger partial charge is 0.138 e. The molecule has 0 aliphatic heterocycles. The monoisotopic (exact) mass is 241 g/mol. The van der Waals surface area contributed by atoms with E-state index in [1.165, 1.54) is 12.1 Å². The lowest BCUT2D eigenvalue weighted by Crippen LogP contribution is -1.86. The Hall–Kier alpha value is -2.36. The van der Waals surface area contributed by atoms with Crippen molar-refractivity contribution >= 4 is 16.7 Å². The molecule has 0 saturated carbocycles. The molecule has 3 rings (SSSR count). The molecule has 0 radical (unpaired) electrons. The summed E-state index contributed by atoms with van der Waals surface area (Å²) in [6.45, 7) is 0. The van der Waals surface area contributed by atoms with E-state index in [9.17, 15) is 4.39 Å². The molecule has 2 N–H and O–H groups in total. The van der Waals surface area contributed by atoms with Crippen LogP contribution < -0.4 is 5.32 Å². The molecule has 3 aromatic rings. The van der Waals surface area contributed by atoms with Crippen molar-refractivity contribution in [3.05, 3.63) is 48.3 Å². The number of halogens is 1. The van der Waals surface area contributed by atoms with Crippen molar-refractivity contribution in [1.29, 1.82) is 0 Å². The van der Waals surface area contributed by atoms with Crippen LogP contribution >= 0.6 is 0 Å². The molecule has 0 spiro atoms. The third-order valence-corrected chi connectivity index (χ3v) is 2.87. The van der Waals surface area contributed by atoms with Gasteiger partial charge in [-0.2, -0.15) is 0 Å². The quantitative estimate of drug-likeness (QED) is 0.721. The SMILES string of the molecule is CNc1ccc2nc(-c3cccc(F)c3)[nH]c2c1. The van der Waals surface area contributed by atoms with E-state index in [0.29, 0.717) is 5.82 Å². The highest BCUT2D eigenvalue weighted by Gasteiger charge is 2.06. The first-order valence-corrected chi connectivity index (χ1v) is 5.70. The van der Waals surface area contributed by atoms with Crippen LogP contribution in [0.4, 0.5) is 10.1 Å². The van der Waals surface area contributed by atoms with Gasteiger partial charge in [-0.05, 0) is 30.3 Å². The Morgan fingerprint density at radius 2 is 2.06 bits per heavy atom. The zero-order valence-electron chi connectivity index (χ0n) is 9.87. The Balaban J connectivity index is 2.13. The number of aromatic nitrogens is 2. The van der Waals surface area contributed by atoms with Crippen molar-refractivity contribution in [2.45, 2.75) is 0 Å². The van der Waals surface area contributed by atoms with Crippen LogP contribution in [0.25, 0.3) is 22.4 Å². The number of nitrogens with zero attached hydrogens (tertiary/aromatic N) is 1. The zero-order chi connectivity index (χ0) is 12.5. The molecule has 0 amide bonds. The summed E-state index contributed by atoms with van der Waals surface area (Å²) in [6.07, 6.45) is 0. The van der Waals surface area contributed by atoms with E-state index in [4.69, 9.17) is 0 Å². The number of nitrogens with one attached hydrogen (secondary N) is 2. The minimum atomic E-state index is -0.260. The standard InChI is InChI=1S/C14H12FN3/c1-16-11-5-6-12-13(8-11)18-14(17-12)9-3-2-4-10(15)7-9/h2-8,16H,1H3,(H,17,18). The van der Waals surface area contributed by atoms with Crippen LogP contribution in [0, 0.1) is 5.82 Å². The van der Waals surface area contributed by atoms with Gasteiger partial charge in [-0.3, -0.25) is 0 Å². The molecule has 90 valence electrons. The Morgan fingerprint density at radius 1 is 1.17 bits per heavy atom. The fraction of sp³-hybridized carbons (Fsp3) is 0.0714. The topological polar surface area (TPSA) is 40.7 Å². The molecule has 0 aliphatic carbocycles. The van der Waals surface area contributed by atoms with E-state index in [1.807, 2.05) is 31.3 Å². The lowest BCUT2D eigenvalue weighted by molar-refractivity contribution is 0.628. The first kappa shape index (κ1) is 10.8. The molecule has 3 nitrogen and oxygen atoms in total. The number of benzene rings is 2. The average Bonchev–Trinajstić information content (AvgIpc) is 2.81. The van der Waals surface area contributed by atoms with Gasteiger partial charge in [0.1, 0.15) is 11.6 Å². The predicted molar refractivity (Wildman–Crippen MR) is 71.0 cm³/mol. The average molecular weight is 241 g/mol. The predicted octanol–water partition coefficient (Wildman–Crippen LogP) is 3.41. The Kier molecular flexibility index (Phi) is 2.48. The second-order valence-corrected chi connectivity index (χ2v) is 4.08. The molecule has 1 heterocycles. The summed E-state index contributed by atoms with van der Waals surface area (Å²) >= 11 is 0. The van der Waals surface area contributed by atoms with Gasteiger partial charge < -0.3 is 10.3 Å². The summed E-state index contributed by atoms with van der Waals surface area (Å²) in [7, 11) is 1.87. The number of imidazole rings is 1. The molecule has 18 heavy (non-hydrogen) atoms. The lowest BCUT2D eigenvalue weighted by Gasteiger charge is -1.97. The van der Waals surface area contributed by atoms with Gasteiger partial charge in [-0.25, -0.2) is 9.37 Å². The number of fused-ring (bicyclic) bond motifs is 1. The minimum absolute atomic E-state index is 0.260. The summed E-state index contributed by atoms with van der Waals surface area (Å²) in [6, 6.07) is 12.3. The molecular formula is C14H12FN3. The number of anilines is 1. The van der Waals surface area contributed by atoms with Crippen molar-refractivity contribution < 1.29 is 4.39 Å². The van der Waals surface area contributed by atoms with Gasteiger partial charge in [0.2, 0.25) is 0 Å². The van der Waals surface area contributed by atoms with Crippen LogP contribution in [0.3, 0.4) is 0 Å². The molecule has 0 saturated heterocycles. The largest absolute Gasteiger partial charge is 0.388 e. The van der Waals surface area contributed by atoms with Crippen LogP contribution in [0.15, 0.2) is 42.5 Å². The highest BCUT2D eigenvalue weighted by Crippen LogP contribution is 2.23. The van der Waals surface area contributed by atoms with E-state index in [0.717, 1.165) is 22.3 Å². The van der Waals surface area contributed by atoms with E-state index in [-0.39, 0.29) is 5.82 Å². The van der Waals surface area contributed by atoms with E-state index in [1.54, 1.807) is 6.07 Å². The van der Waals surface area contributed by atoms with E-state index >= 15 is 0 Å². The molecule has 2 aromatic carbocycles. The molecule has 0 unspecified atom stereocenters. The maximum absolute atomic E-state index is 13.2. The fourth-order valence-corrected chi connectivity index (χ4v) is 1.94. The van der Waals surface area contributed by atoms with E-state index < -0.39 is 0 Å². The van der Waals surface area contributed by atoms with Crippen LogP contribution in [0.1, 0.15) is 0 Å². The second kappa shape index (κ2) is 4.14. The van der Waals surface area contributed by atoms with Crippen LogP contribution in [0.2, 0.25) is 0 Å². The molecule has 0 aliphatic rings. The van der Waals surface area contributed by atoms with Crippen molar-refractivity contribution in [2.75, 3.05) is 12.4 Å². The normalized spacial score (nSPS) is 10.8. The summed E-state index contributed by atoms with van der Waals surface area (Å²) in [5.41, 5.74) is 3.56. The lowest BCUT2D eigenvalue weighted by atomic mass is 10.2. The number of H-pyrrole nitrogens is 1. The van der Waals surface area contributed by atoms with Crippen molar-refractivity contribution in [3.63, 3.8) is 0 Å².